The number of non-ortho nitro benzene ring substituents is 1. The smallest absolute Gasteiger partial charge is 0.271 e. The van der Waals surface area contributed by atoms with E-state index in [1.165, 1.54) is 0 Å². The van der Waals surface area contributed by atoms with Crippen molar-refractivity contribution >= 4 is 17.3 Å². The highest BCUT2D eigenvalue weighted by Crippen LogP contribution is 2.39. The number of nitro benzene ring substituents is 1. The highest BCUT2D eigenvalue weighted by Gasteiger charge is 2.59. The van der Waals surface area contributed by atoms with E-state index >= 15 is 0 Å². The molecule has 0 radical (unpaired) electrons. The Morgan fingerprint density at radius 1 is 0.341 bits per heavy atom. The van der Waals surface area contributed by atoms with Crippen LogP contribution in [-0.2, 0) is 61.6 Å². The van der Waals surface area contributed by atoms with Crippen LogP contribution in [0.3, 0.4) is 0 Å². The molecule has 7 aliphatic heterocycles. The lowest BCUT2D eigenvalue weighted by atomic mass is 9.95. The molecule has 22 N–H and O–H groups in total. The summed E-state index contributed by atoms with van der Waals surface area (Å²) in [6, 6.07) is 3.04. The van der Waals surface area contributed by atoms with Crippen molar-refractivity contribution in [3.8, 4) is 5.75 Å². The number of benzene rings is 1. The Morgan fingerprint density at radius 3 is 0.807 bits per heavy atom. The molecule has 14 unspecified atom stereocenters. The minimum atomic E-state index is -2.25. The number of aliphatic hydroxyl groups is 22. The lowest BCUT2D eigenvalue weighted by Crippen LogP contribution is -2.68. The molecule has 0 aromatic heterocycles. The Morgan fingerprint density at radius 2 is 0.568 bits per heavy atom. The molecule has 40 heteroatoms. The lowest BCUT2D eigenvalue weighted by molar-refractivity contribution is -0.397. The molecular formula is C48H74ClNO38. The fraction of sp³-hybridized carbons (Fsp3) is 0.875. The van der Waals surface area contributed by atoms with Gasteiger partial charge in [0, 0.05) is 12.1 Å². The number of nitro groups is 1. The molecule has 1 aromatic carbocycles. The fourth-order valence-electron chi connectivity index (χ4n) is 10.9. The van der Waals surface area contributed by atoms with Gasteiger partial charge in [-0.2, -0.15) is 0 Å². The van der Waals surface area contributed by atoms with Crippen LogP contribution >= 0.6 is 11.6 Å². The van der Waals surface area contributed by atoms with Crippen molar-refractivity contribution < 1.29 is 184 Å². The average molecular weight is 1310 g/mol. The normalized spacial score (nSPS) is 48.6. The predicted octanol–water partition coefficient (Wildman–Crippen LogP) is -13.6. The van der Waals surface area contributed by atoms with Gasteiger partial charge >= 0.3 is 0 Å². The number of aliphatic hydroxyl groups excluding tert-OH is 22. The topological polar surface area (TPSA) is 617 Å². The minimum Gasteiger partial charge on any atom is -0.460 e. The Labute approximate surface area is 500 Å². The van der Waals surface area contributed by atoms with E-state index in [9.17, 15) is 122 Å². The first-order chi connectivity index (χ1) is 41.8. The molecule has 0 amide bonds. The molecule has 0 spiro atoms. The van der Waals surface area contributed by atoms with Crippen molar-refractivity contribution in [2.24, 2.45) is 0 Å². The first-order valence-electron chi connectivity index (χ1n) is 27.4. The van der Waals surface area contributed by atoms with Gasteiger partial charge in [-0.15, -0.1) is 0 Å². The number of hydrogen-bond acceptors (Lipinski definition) is 38. The van der Waals surface area contributed by atoms with Crippen LogP contribution in [0.15, 0.2) is 18.2 Å². The molecular weight excluding hydrogens is 1230 g/mol. The second-order valence-corrected chi connectivity index (χ2v) is 21.9. The summed E-state index contributed by atoms with van der Waals surface area (Å²) in [5.74, 6) is -0.233. The van der Waals surface area contributed by atoms with Crippen molar-refractivity contribution in [1.29, 1.82) is 0 Å². The van der Waals surface area contributed by atoms with Crippen molar-refractivity contribution in [3.05, 3.63) is 33.3 Å². The summed E-state index contributed by atoms with van der Waals surface area (Å²) in [6.45, 7) is -7.06. The van der Waals surface area contributed by atoms with Gasteiger partial charge in [0.2, 0.25) is 6.29 Å². The second-order valence-electron chi connectivity index (χ2n) is 21.5. The first-order valence-corrected chi connectivity index (χ1v) is 27.7. The molecule has 8 rings (SSSR count). The molecule has 0 bridgehead atoms. The largest absolute Gasteiger partial charge is 0.460 e. The summed E-state index contributed by atoms with van der Waals surface area (Å²) in [5.41, 5.74) is -0.404. The zero-order chi connectivity index (χ0) is 64.5. The van der Waals surface area contributed by atoms with Gasteiger partial charge in [0.15, 0.2) is 37.7 Å². The Hall–Kier alpha value is -2.69. The van der Waals surface area contributed by atoms with Crippen molar-refractivity contribution in [3.63, 3.8) is 0 Å². The Kier molecular flexibility index (Phi) is 24.7. The minimum absolute atomic E-state index is 0.233. The third-order valence-corrected chi connectivity index (χ3v) is 16.2. The van der Waals surface area contributed by atoms with Crippen LogP contribution in [0.2, 0.25) is 5.02 Å². The molecule has 0 saturated carbocycles. The molecule has 7 fully saturated rings. The number of nitrogens with zero attached hydrogens (tertiary/aromatic N) is 1. The van der Waals surface area contributed by atoms with Gasteiger partial charge in [-0.05, 0) is 6.07 Å². The van der Waals surface area contributed by atoms with Crippen LogP contribution in [-0.4, -0.2) is 378 Å². The molecule has 7 aliphatic rings. The van der Waals surface area contributed by atoms with Crippen LogP contribution in [0.25, 0.3) is 0 Å². The second kappa shape index (κ2) is 30.6. The van der Waals surface area contributed by atoms with Gasteiger partial charge in [-0.25, -0.2) is 0 Å². The summed E-state index contributed by atoms with van der Waals surface area (Å²) < 4.78 is 78.5. The Bertz CT molecular complexity index is 2350. The molecule has 506 valence electrons. The van der Waals surface area contributed by atoms with E-state index in [0.717, 1.165) is 18.2 Å². The van der Waals surface area contributed by atoms with Gasteiger partial charge in [0.05, 0.1) is 56.2 Å². The van der Waals surface area contributed by atoms with Crippen LogP contribution in [0.5, 0.6) is 5.75 Å². The number of halogens is 1. The average Bonchev–Trinajstić information content (AvgIpc) is 1.24. The maximum Gasteiger partial charge on any atom is 0.271 e. The summed E-state index contributed by atoms with van der Waals surface area (Å²) >= 11 is 6.08. The maximum atomic E-state index is 11.4. The predicted molar refractivity (Wildman–Crippen MR) is 268 cm³/mol. The highest BCUT2D eigenvalue weighted by molar-refractivity contribution is 6.32. The lowest BCUT2D eigenvalue weighted by Gasteiger charge is -2.50. The number of ether oxygens (including phenoxy) is 14. The van der Waals surface area contributed by atoms with Crippen LogP contribution in [0.4, 0.5) is 5.69 Å². The number of rotatable bonds is 22. The number of hydrogen-bond donors (Lipinski definition) is 22. The van der Waals surface area contributed by atoms with E-state index in [-0.39, 0.29) is 10.8 Å². The molecule has 7 heterocycles. The van der Waals surface area contributed by atoms with Gasteiger partial charge in [-0.3, -0.25) is 10.1 Å². The van der Waals surface area contributed by atoms with Crippen molar-refractivity contribution in [1.82, 2.24) is 0 Å². The van der Waals surface area contributed by atoms with E-state index in [1.54, 1.807) is 0 Å². The van der Waals surface area contributed by atoms with Crippen molar-refractivity contribution in [2.45, 2.75) is 215 Å². The summed E-state index contributed by atoms with van der Waals surface area (Å²) in [5, 5.41) is 247. The first kappa shape index (κ1) is 71.2. The molecule has 0 aliphatic carbocycles. The van der Waals surface area contributed by atoms with Gasteiger partial charge in [0.1, 0.15) is 177 Å². The van der Waals surface area contributed by atoms with Crippen LogP contribution in [0, 0.1) is 10.1 Å². The van der Waals surface area contributed by atoms with E-state index in [1.807, 2.05) is 0 Å². The van der Waals surface area contributed by atoms with Gasteiger partial charge in [0.25, 0.3) is 5.69 Å². The van der Waals surface area contributed by atoms with Gasteiger partial charge in [-0.1, -0.05) is 11.6 Å². The highest BCUT2D eigenvalue weighted by atomic mass is 35.5. The quantitative estimate of drug-likeness (QED) is 0.0379. The standard InChI is InChI=1S/C48H74ClNO38/c49-12-3-11(50(73)74)1-2-13(12)75-42-30(67)23(60)36(15(5-52)77-42)84-44-32(69)25(62)38(17(7-54)79-44)86-46-34(71)27(64)40(19(9-56)81-46)88-48-35(72)28(65)41(20(10-57)82-48)87-47-33(70)26(63)39(18(8-55)80-47)85-45-31(68)24(61)37(16(6-53)78-45)83-43-29(66)22(59)21(58)14(4-51)76-43/h1-3,14-48,51-72H,4-10H2/t14?,15?,16?,17?,18?,19?,20?,21-,22+,23-,24-,25-,26-,27-,28-,29?,30?,31?,32?,33?,34?,35?,36-,37-,38-,39-,40-,41-,42-,43-,44-,45-,46-,47-,48-/m1/s1. The fourth-order valence-corrected chi connectivity index (χ4v) is 11.1. The van der Waals surface area contributed by atoms with Crippen LogP contribution < -0.4 is 4.74 Å². The SMILES string of the molecule is O=[N+]([O-])c1ccc(O[C@@H]2OC(CO)[C@@H](O[C@H]3OC(CO)[C@@H](O[C@H]4OC(CO)[C@@H](O[C@H]5OC(CO)[C@@H](O[C@H]6OC(CO)[C@@H](O[C@H]7OC(CO)[C@@H](O[C@H]8OC(CO)[C@@H](O)[C@H](O)C8O)[C@H](O)C7O)[C@H](O)C6O)[C@H](O)C5O)[C@H](O)C4O)[C@H](O)C3O)[C@H](O)C2O)c(Cl)c1. The van der Waals surface area contributed by atoms with Crippen molar-refractivity contribution in [2.75, 3.05) is 46.2 Å². The molecule has 39 nitrogen and oxygen atoms in total. The van der Waals surface area contributed by atoms with E-state index < -0.39 is 272 Å². The summed E-state index contributed by atoms with van der Waals surface area (Å²) in [4.78, 5) is 10.4. The molecule has 88 heavy (non-hydrogen) atoms. The summed E-state index contributed by atoms with van der Waals surface area (Å²) in [6.07, 6.45) is -68.4. The zero-order valence-corrected chi connectivity index (χ0v) is 46.3. The zero-order valence-electron chi connectivity index (χ0n) is 45.6. The molecule has 35 atom stereocenters. The van der Waals surface area contributed by atoms with E-state index in [2.05, 4.69) is 0 Å². The monoisotopic (exact) mass is 1310 g/mol. The third kappa shape index (κ3) is 14.6. The summed E-state index contributed by atoms with van der Waals surface area (Å²) in [7, 11) is 0. The van der Waals surface area contributed by atoms with Crippen LogP contribution in [0.1, 0.15) is 0 Å². The maximum absolute atomic E-state index is 11.4. The third-order valence-electron chi connectivity index (χ3n) is 15.9. The van der Waals surface area contributed by atoms with Gasteiger partial charge < -0.3 is 179 Å². The molecule has 1 aromatic rings. The Balaban J connectivity index is 0.851. The van der Waals surface area contributed by atoms with E-state index in [4.69, 9.17) is 77.9 Å². The van der Waals surface area contributed by atoms with E-state index in [0.29, 0.717) is 0 Å². The molecule has 7 saturated heterocycles.